The fraction of sp³-hybridized carbons (Fsp3) is 0.391. The van der Waals surface area contributed by atoms with Crippen LogP contribution in [0.1, 0.15) is 42.1 Å². The molecule has 1 unspecified atom stereocenters. The SMILES string of the molecule is CCC(=O)CCCOc1cc2c(cc1OC)C(=O)N1c3ccccc3CC1CN2. The minimum Gasteiger partial charge on any atom is -0.493 e. The number of hydrogen-bond donors (Lipinski definition) is 1. The predicted octanol–water partition coefficient (Wildman–Crippen LogP) is 3.83. The molecule has 0 radical (unpaired) electrons. The minimum atomic E-state index is -0.0293. The van der Waals surface area contributed by atoms with Crippen molar-refractivity contribution in [3.63, 3.8) is 0 Å². The van der Waals surface area contributed by atoms with Gasteiger partial charge >= 0.3 is 0 Å². The summed E-state index contributed by atoms with van der Waals surface area (Å²) in [5.41, 5.74) is 3.51. The highest BCUT2D eigenvalue weighted by atomic mass is 16.5. The van der Waals surface area contributed by atoms with Crippen LogP contribution in [0.15, 0.2) is 36.4 Å². The Bertz CT molecular complexity index is 940. The lowest BCUT2D eigenvalue weighted by molar-refractivity contribution is -0.118. The number of rotatable bonds is 7. The van der Waals surface area contributed by atoms with E-state index < -0.39 is 0 Å². The molecular formula is C23H26N2O4. The van der Waals surface area contributed by atoms with Gasteiger partial charge in [-0.15, -0.1) is 0 Å². The third-order valence-electron chi connectivity index (χ3n) is 5.60. The van der Waals surface area contributed by atoms with Crippen LogP contribution < -0.4 is 19.7 Å². The molecule has 2 heterocycles. The number of nitrogens with one attached hydrogen (secondary N) is 1. The Labute approximate surface area is 170 Å². The Morgan fingerprint density at radius 1 is 1.24 bits per heavy atom. The summed E-state index contributed by atoms with van der Waals surface area (Å²) in [6.45, 7) is 2.96. The number of anilines is 2. The predicted molar refractivity (Wildman–Crippen MR) is 112 cm³/mol. The standard InChI is InChI=1S/C23H26N2O4/c1-3-17(26)8-6-10-29-22-13-19-18(12-21(22)28-2)23(27)25-16(14-24-19)11-15-7-4-5-9-20(15)25/h4-5,7,9,12-13,16,24H,3,6,8,10-11,14H2,1-2H3. The van der Waals surface area contributed by atoms with Crippen LogP contribution in [0.25, 0.3) is 0 Å². The summed E-state index contributed by atoms with van der Waals surface area (Å²) in [7, 11) is 1.57. The number of carbonyl (C=O) groups is 2. The molecule has 29 heavy (non-hydrogen) atoms. The maximum Gasteiger partial charge on any atom is 0.260 e. The van der Waals surface area contributed by atoms with Gasteiger partial charge in [-0.25, -0.2) is 0 Å². The first-order valence-corrected chi connectivity index (χ1v) is 10.1. The lowest BCUT2D eigenvalue weighted by Crippen LogP contribution is -2.39. The van der Waals surface area contributed by atoms with E-state index in [0.29, 0.717) is 49.5 Å². The molecule has 0 fully saturated rings. The Hall–Kier alpha value is -3.02. The Morgan fingerprint density at radius 2 is 2.07 bits per heavy atom. The van der Waals surface area contributed by atoms with Gasteiger partial charge in [0.25, 0.3) is 5.91 Å². The van der Waals surface area contributed by atoms with Crippen LogP contribution in [0.3, 0.4) is 0 Å². The average Bonchev–Trinajstić information content (AvgIpc) is 3.06. The van der Waals surface area contributed by atoms with Gasteiger partial charge in [-0.3, -0.25) is 9.59 Å². The van der Waals surface area contributed by atoms with Gasteiger partial charge in [-0.1, -0.05) is 25.1 Å². The maximum atomic E-state index is 13.4. The fourth-order valence-corrected chi connectivity index (χ4v) is 4.04. The summed E-state index contributed by atoms with van der Waals surface area (Å²) < 4.78 is 11.4. The molecule has 0 aromatic heterocycles. The van der Waals surface area contributed by atoms with Crippen molar-refractivity contribution in [3.05, 3.63) is 47.5 Å². The molecule has 1 N–H and O–H groups in total. The Morgan fingerprint density at radius 3 is 2.86 bits per heavy atom. The molecule has 152 valence electrons. The van der Waals surface area contributed by atoms with Crippen molar-refractivity contribution in [1.82, 2.24) is 0 Å². The number of ketones is 1. The second-order valence-corrected chi connectivity index (χ2v) is 7.44. The molecule has 0 bridgehead atoms. The van der Waals surface area contributed by atoms with E-state index in [1.807, 2.05) is 36.1 Å². The van der Waals surface area contributed by atoms with Crippen molar-refractivity contribution in [1.29, 1.82) is 0 Å². The van der Waals surface area contributed by atoms with Gasteiger partial charge in [0.05, 0.1) is 31.0 Å². The second kappa shape index (κ2) is 8.15. The molecule has 2 aromatic rings. The Balaban J connectivity index is 1.58. The number of Topliss-reactive ketones (excluding diaryl/α,β-unsaturated/α-hetero) is 1. The number of nitrogens with zero attached hydrogens (tertiary/aromatic N) is 1. The molecule has 0 saturated carbocycles. The normalized spacial score (nSPS) is 17.0. The van der Waals surface area contributed by atoms with Crippen molar-refractivity contribution in [2.24, 2.45) is 0 Å². The minimum absolute atomic E-state index is 0.0293. The summed E-state index contributed by atoms with van der Waals surface area (Å²) in [5, 5.41) is 3.42. The smallest absolute Gasteiger partial charge is 0.260 e. The zero-order valence-electron chi connectivity index (χ0n) is 16.9. The molecule has 1 atom stereocenters. The number of hydrogen-bond acceptors (Lipinski definition) is 5. The topological polar surface area (TPSA) is 67.9 Å². The second-order valence-electron chi connectivity index (χ2n) is 7.44. The number of carbonyl (C=O) groups excluding carboxylic acids is 2. The maximum absolute atomic E-state index is 13.4. The van der Waals surface area contributed by atoms with Crippen LogP contribution in [0.4, 0.5) is 11.4 Å². The summed E-state index contributed by atoms with van der Waals surface area (Å²) in [6, 6.07) is 11.7. The van der Waals surface area contributed by atoms with Crippen molar-refractivity contribution < 1.29 is 19.1 Å². The number of ether oxygens (including phenoxy) is 2. The third kappa shape index (κ3) is 3.67. The molecule has 0 saturated heterocycles. The van der Waals surface area contributed by atoms with Crippen LogP contribution in [0.5, 0.6) is 11.5 Å². The molecule has 0 aliphatic carbocycles. The van der Waals surface area contributed by atoms with E-state index in [1.54, 1.807) is 13.2 Å². The molecule has 0 spiro atoms. The number of benzene rings is 2. The summed E-state index contributed by atoms with van der Waals surface area (Å²) in [5.74, 6) is 1.30. The average molecular weight is 394 g/mol. The Kier molecular flexibility index (Phi) is 5.43. The van der Waals surface area contributed by atoms with Gasteiger partial charge in [0.1, 0.15) is 5.78 Å². The summed E-state index contributed by atoms with van der Waals surface area (Å²) in [6.07, 6.45) is 2.56. The highest BCUT2D eigenvalue weighted by Gasteiger charge is 2.37. The highest BCUT2D eigenvalue weighted by molar-refractivity contribution is 6.12. The van der Waals surface area contributed by atoms with Crippen LogP contribution in [-0.4, -0.2) is 38.0 Å². The van der Waals surface area contributed by atoms with E-state index in [2.05, 4.69) is 11.4 Å². The monoisotopic (exact) mass is 394 g/mol. The van der Waals surface area contributed by atoms with E-state index in [9.17, 15) is 9.59 Å². The van der Waals surface area contributed by atoms with E-state index in [1.165, 1.54) is 5.56 Å². The van der Waals surface area contributed by atoms with Crippen LogP contribution in [0.2, 0.25) is 0 Å². The molecule has 2 aliphatic heterocycles. The van der Waals surface area contributed by atoms with Gasteiger partial charge in [-0.05, 0) is 30.5 Å². The molecule has 6 nitrogen and oxygen atoms in total. The van der Waals surface area contributed by atoms with Crippen LogP contribution in [-0.2, 0) is 11.2 Å². The van der Waals surface area contributed by atoms with Gasteiger partial charge < -0.3 is 19.7 Å². The van der Waals surface area contributed by atoms with E-state index in [4.69, 9.17) is 9.47 Å². The zero-order valence-corrected chi connectivity index (χ0v) is 16.9. The quantitative estimate of drug-likeness (QED) is 0.723. The van der Waals surface area contributed by atoms with Crippen LogP contribution in [0, 0.1) is 0 Å². The fourth-order valence-electron chi connectivity index (χ4n) is 4.04. The number of methoxy groups -OCH3 is 1. The van der Waals surface area contributed by atoms with Gasteiger partial charge in [-0.2, -0.15) is 0 Å². The number of amides is 1. The number of para-hydroxylation sites is 1. The molecule has 2 aromatic carbocycles. The van der Waals surface area contributed by atoms with E-state index in [0.717, 1.165) is 17.8 Å². The van der Waals surface area contributed by atoms with Gasteiger partial charge in [0.15, 0.2) is 11.5 Å². The number of fused-ring (bicyclic) bond motifs is 4. The lowest BCUT2D eigenvalue weighted by atomic mass is 10.1. The first kappa shape index (κ1) is 19.3. The largest absolute Gasteiger partial charge is 0.493 e. The molecule has 2 aliphatic rings. The van der Waals surface area contributed by atoms with Crippen molar-refractivity contribution in [3.8, 4) is 11.5 Å². The van der Waals surface area contributed by atoms with Crippen LogP contribution >= 0.6 is 0 Å². The highest BCUT2D eigenvalue weighted by Crippen LogP contribution is 2.40. The van der Waals surface area contributed by atoms with Crippen molar-refractivity contribution >= 4 is 23.1 Å². The van der Waals surface area contributed by atoms with E-state index >= 15 is 0 Å². The summed E-state index contributed by atoms with van der Waals surface area (Å²) >= 11 is 0. The van der Waals surface area contributed by atoms with E-state index in [-0.39, 0.29) is 17.7 Å². The molecule has 4 rings (SSSR count). The van der Waals surface area contributed by atoms with Crippen molar-refractivity contribution in [2.75, 3.05) is 30.5 Å². The first-order valence-electron chi connectivity index (χ1n) is 10.1. The zero-order chi connectivity index (χ0) is 20.4. The molecule has 6 heteroatoms. The van der Waals surface area contributed by atoms with Gasteiger partial charge in [0.2, 0.25) is 0 Å². The first-order chi connectivity index (χ1) is 14.1. The third-order valence-corrected chi connectivity index (χ3v) is 5.60. The molecular weight excluding hydrogens is 368 g/mol. The molecule has 1 amide bonds. The van der Waals surface area contributed by atoms with Gasteiger partial charge in [0, 0.05) is 31.1 Å². The lowest BCUT2D eigenvalue weighted by Gasteiger charge is -2.22. The summed E-state index contributed by atoms with van der Waals surface area (Å²) in [4.78, 5) is 26.7. The van der Waals surface area contributed by atoms with Crippen molar-refractivity contribution in [2.45, 2.75) is 38.6 Å².